The van der Waals surface area contributed by atoms with Crippen molar-refractivity contribution in [3.63, 3.8) is 0 Å². The largest absolute Gasteiger partial charge is 0.348 e. The lowest BCUT2D eigenvalue weighted by molar-refractivity contribution is 0.250. The molecule has 5 heteroatoms. The van der Waals surface area contributed by atoms with E-state index in [0.29, 0.717) is 16.6 Å². The molecule has 1 amide bonds. The minimum absolute atomic E-state index is 0.357. The summed E-state index contributed by atoms with van der Waals surface area (Å²) in [5, 5.41) is 5.92. The Hall–Kier alpha value is -2.82. The number of fused-ring (bicyclic) bond motifs is 1. The van der Waals surface area contributed by atoms with Gasteiger partial charge in [0, 0.05) is 5.69 Å². The van der Waals surface area contributed by atoms with Gasteiger partial charge >= 0.3 is 6.03 Å². The van der Waals surface area contributed by atoms with Gasteiger partial charge in [-0.15, -0.1) is 0 Å². The van der Waals surface area contributed by atoms with Crippen molar-refractivity contribution in [3.8, 4) is 0 Å². The van der Waals surface area contributed by atoms with E-state index in [1.165, 1.54) is 0 Å². The van der Waals surface area contributed by atoms with Crippen LogP contribution in [0.4, 0.5) is 10.5 Å². The first kappa shape index (κ1) is 11.3. The molecule has 2 aromatic carbocycles. The number of aromatic nitrogens is 2. The van der Waals surface area contributed by atoms with Crippen molar-refractivity contribution in [2.24, 2.45) is 0 Å². The molecule has 0 aliphatic carbocycles. The Morgan fingerprint density at radius 1 is 1.00 bits per heavy atom. The summed E-state index contributed by atoms with van der Waals surface area (Å²) in [5.41, 5.74) is 0.915. The standard InChI is InChI=1S/C14H11N3O2/c18-13-11-8-4-5-9-12(11)16-17(13)14(19)15-10-6-2-1-3-7-10/h1-9,16H,(H,15,19). The number of carbonyl (C=O) groups is 1. The predicted molar refractivity (Wildman–Crippen MR) is 73.4 cm³/mol. The van der Waals surface area contributed by atoms with Crippen LogP contribution in [0.3, 0.4) is 0 Å². The number of para-hydroxylation sites is 2. The first-order valence-corrected chi connectivity index (χ1v) is 5.82. The predicted octanol–water partition coefficient (Wildman–Crippen LogP) is 2.41. The Bertz CT molecular complexity index is 787. The van der Waals surface area contributed by atoms with Crippen molar-refractivity contribution >= 4 is 22.6 Å². The maximum absolute atomic E-state index is 12.0. The van der Waals surface area contributed by atoms with Crippen LogP contribution in [0.25, 0.3) is 10.9 Å². The quantitative estimate of drug-likeness (QED) is 0.699. The molecular weight excluding hydrogens is 242 g/mol. The normalized spacial score (nSPS) is 10.5. The van der Waals surface area contributed by atoms with Crippen molar-refractivity contribution in [2.75, 3.05) is 5.32 Å². The van der Waals surface area contributed by atoms with E-state index in [1.807, 2.05) is 18.2 Å². The third kappa shape index (κ3) is 2.01. The summed E-state index contributed by atoms with van der Waals surface area (Å²) in [7, 11) is 0. The van der Waals surface area contributed by atoms with Gasteiger partial charge in [-0.1, -0.05) is 30.3 Å². The summed E-state index contributed by atoms with van der Waals surface area (Å²) < 4.78 is 0.970. The maximum Gasteiger partial charge on any atom is 0.348 e. The Kier molecular flexibility index (Phi) is 2.64. The summed E-state index contributed by atoms with van der Waals surface area (Å²) in [4.78, 5) is 24.1. The highest BCUT2D eigenvalue weighted by Crippen LogP contribution is 2.08. The minimum Gasteiger partial charge on any atom is -0.306 e. The fourth-order valence-electron chi connectivity index (χ4n) is 1.90. The van der Waals surface area contributed by atoms with Gasteiger partial charge in [0.15, 0.2) is 0 Å². The molecule has 0 unspecified atom stereocenters. The second-order valence-electron chi connectivity index (χ2n) is 4.09. The van der Waals surface area contributed by atoms with Gasteiger partial charge in [-0.05, 0) is 24.3 Å². The van der Waals surface area contributed by atoms with E-state index in [-0.39, 0.29) is 5.56 Å². The number of nitrogens with one attached hydrogen (secondary N) is 2. The van der Waals surface area contributed by atoms with Crippen LogP contribution >= 0.6 is 0 Å². The highest BCUT2D eigenvalue weighted by molar-refractivity contribution is 5.92. The number of benzene rings is 2. The van der Waals surface area contributed by atoms with E-state index in [1.54, 1.807) is 36.4 Å². The molecule has 1 aromatic heterocycles. The molecule has 94 valence electrons. The average molecular weight is 253 g/mol. The fraction of sp³-hybridized carbons (Fsp3) is 0. The Labute approximate surface area is 108 Å². The van der Waals surface area contributed by atoms with Crippen molar-refractivity contribution in [3.05, 3.63) is 65.0 Å². The zero-order valence-corrected chi connectivity index (χ0v) is 9.96. The van der Waals surface area contributed by atoms with Crippen LogP contribution < -0.4 is 10.9 Å². The van der Waals surface area contributed by atoms with Crippen LogP contribution in [0.15, 0.2) is 59.4 Å². The van der Waals surface area contributed by atoms with Gasteiger partial charge in [-0.2, -0.15) is 4.68 Å². The lowest BCUT2D eigenvalue weighted by Crippen LogP contribution is -2.29. The van der Waals surface area contributed by atoms with Gasteiger partial charge in [-0.25, -0.2) is 4.79 Å². The summed E-state index contributed by atoms with van der Waals surface area (Å²) in [6.45, 7) is 0. The fourth-order valence-corrected chi connectivity index (χ4v) is 1.90. The molecule has 2 N–H and O–H groups in total. The molecule has 0 saturated heterocycles. The number of nitrogens with zero attached hydrogens (tertiary/aromatic N) is 1. The summed E-state index contributed by atoms with van der Waals surface area (Å²) >= 11 is 0. The summed E-state index contributed by atoms with van der Waals surface area (Å²) in [5.74, 6) is 0. The van der Waals surface area contributed by atoms with Crippen LogP contribution in [0, 0.1) is 0 Å². The SMILES string of the molecule is O=C(Nc1ccccc1)n1[nH]c2ccccc2c1=O. The number of hydrogen-bond donors (Lipinski definition) is 2. The highest BCUT2D eigenvalue weighted by Gasteiger charge is 2.12. The molecule has 0 aliphatic heterocycles. The van der Waals surface area contributed by atoms with Crippen LogP contribution in [-0.4, -0.2) is 15.8 Å². The third-order valence-electron chi connectivity index (χ3n) is 2.82. The molecule has 0 aliphatic rings. The summed E-state index contributed by atoms with van der Waals surface area (Å²) in [6.07, 6.45) is 0. The Balaban J connectivity index is 1.98. The number of aromatic amines is 1. The van der Waals surface area contributed by atoms with Gasteiger partial charge in [0.1, 0.15) is 0 Å². The molecular formula is C14H11N3O2. The molecule has 0 bridgehead atoms. The number of carbonyl (C=O) groups excluding carboxylic acids is 1. The van der Waals surface area contributed by atoms with Gasteiger partial charge in [-0.3, -0.25) is 9.89 Å². The van der Waals surface area contributed by atoms with Gasteiger partial charge in [0.2, 0.25) is 0 Å². The van der Waals surface area contributed by atoms with Crippen LogP contribution in [0.5, 0.6) is 0 Å². The molecule has 0 fully saturated rings. The van der Waals surface area contributed by atoms with Crippen molar-refractivity contribution < 1.29 is 4.79 Å². The number of amides is 1. The Morgan fingerprint density at radius 3 is 2.42 bits per heavy atom. The lowest BCUT2D eigenvalue weighted by atomic mass is 10.3. The zero-order valence-electron chi connectivity index (χ0n) is 9.96. The number of rotatable bonds is 1. The van der Waals surface area contributed by atoms with E-state index in [4.69, 9.17) is 0 Å². The monoisotopic (exact) mass is 253 g/mol. The van der Waals surface area contributed by atoms with E-state index in [0.717, 1.165) is 4.68 Å². The number of H-pyrrole nitrogens is 1. The van der Waals surface area contributed by atoms with Crippen molar-refractivity contribution in [1.82, 2.24) is 9.78 Å². The molecule has 3 rings (SSSR count). The molecule has 0 saturated carbocycles. The van der Waals surface area contributed by atoms with Gasteiger partial charge in [0.05, 0.1) is 10.9 Å². The third-order valence-corrected chi connectivity index (χ3v) is 2.82. The molecule has 0 spiro atoms. The van der Waals surface area contributed by atoms with Crippen LogP contribution in [-0.2, 0) is 0 Å². The van der Waals surface area contributed by atoms with E-state index >= 15 is 0 Å². The van der Waals surface area contributed by atoms with Gasteiger partial charge in [0.25, 0.3) is 5.56 Å². The average Bonchev–Trinajstić information content (AvgIpc) is 2.78. The molecule has 0 radical (unpaired) electrons. The Morgan fingerprint density at radius 2 is 1.68 bits per heavy atom. The van der Waals surface area contributed by atoms with E-state index < -0.39 is 6.03 Å². The smallest absolute Gasteiger partial charge is 0.306 e. The van der Waals surface area contributed by atoms with E-state index in [9.17, 15) is 9.59 Å². The lowest BCUT2D eigenvalue weighted by Gasteiger charge is -2.03. The first-order valence-electron chi connectivity index (χ1n) is 5.82. The topological polar surface area (TPSA) is 66.9 Å². The molecule has 3 aromatic rings. The van der Waals surface area contributed by atoms with Crippen LogP contribution in [0.1, 0.15) is 0 Å². The second-order valence-corrected chi connectivity index (χ2v) is 4.09. The van der Waals surface area contributed by atoms with Crippen molar-refractivity contribution in [1.29, 1.82) is 0 Å². The molecule has 0 atom stereocenters. The maximum atomic E-state index is 12.0. The molecule has 19 heavy (non-hydrogen) atoms. The van der Waals surface area contributed by atoms with Crippen molar-refractivity contribution in [2.45, 2.75) is 0 Å². The summed E-state index contributed by atoms with van der Waals surface area (Å²) in [6, 6.07) is 15.5. The number of anilines is 1. The highest BCUT2D eigenvalue weighted by atomic mass is 16.2. The minimum atomic E-state index is -0.507. The number of hydrogen-bond acceptors (Lipinski definition) is 2. The van der Waals surface area contributed by atoms with E-state index in [2.05, 4.69) is 10.4 Å². The first-order chi connectivity index (χ1) is 9.25. The van der Waals surface area contributed by atoms with Gasteiger partial charge < -0.3 is 5.32 Å². The second kappa shape index (κ2) is 4.45. The zero-order chi connectivity index (χ0) is 13.2. The van der Waals surface area contributed by atoms with Crippen LogP contribution in [0.2, 0.25) is 0 Å². The molecule has 1 heterocycles. The molecule has 5 nitrogen and oxygen atoms in total.